The molecule has 0 bridgehead atoms. The van der Waals surface area contributed by atoms with Crippen molar-refractivity contribution < 1.29 is 17.6 Å². The van der Waals surface area contributed by atoms with Crippen LogP contribution in [0.4, 0.5) is 13.2 Å². The zero-order valence-electron chi connectivity index (χ0n) is 9.05. The Bertz CT molecular complexity index is 490. The van der Waals surface area contributed by atoms with Gasteiger partial charge in [0.1, 0.15) is 5.58 Å². The van der Waals surface area contributed by atoms with E-state index in [-0.39, 0.29) is 6.54 Å². The minimum Gasteiger partial charge on any atom is -0.464 e. The number of hydrogen-bond acceptors (Lipinski definition) is 2. The van der Waals surface area contributed by atoms with Gasteiger partial charge in [0.05, 0.1) is 12.7 Å². The maximum atomic E-state index is 11.9. The quantitative estimate of drug-likeness (QED) is 0.832. The second-order valence-corrected chi connectivity index (χ2v) is 3.80. The molecule has 0 aliphatic rings. The van der Waals surface area contributed by atoms with E-state index in [0.717, 1.165) is 16.5 Å². The van der Waals surface area contributed by atoms with Crippen LogP contribution in [0.1, 0.15) is 12.0 Å². The van der Waals surface area contributed by atoms with E-state index in [1.807, 2.05) is 24.3 Å². The maximum Gasteiger partial charge on any atom is 0.390 e. The molecule has 2 rings (SSSR count). The number of hydrogen-bond donors (Lipinski definition) is 1. The van der Waals surface area contributed by atoms with Crippen LogP contribution in [0.25, 0.3) is 11.0 Å². The van der Waals surface area contributed by atoms with Crippen LogP contribution in [-0.2, 0) is 6.54 Å². The Morgan fingerprint density at radius 3 is 2.71 bits per heavy atom. The highest BCUT2D eigenvalue weighted by Crippen LogP contribution is 2.21. The SMILES string of the molecule is FC(F)(F)CCNCc1coc2ccccc12. The van der Waals surface area contributed by atoms with E-state index < -0.39 is 12.6 Å². The van der Waals surface area contributed by atoms with E-state index in [0.29, 0.717) is 6.54 Å². The van der Waals surface area contributed by atoms with Crippen molar-refractivity contribution in [2.75, 3.05) is 6.54 Å². The number of furan rings is 1. The summed E-state index contributed by atoms with van der Waals surface area (Å²) in [5, 5.41) is 3.69. The molecule has 1 N–H and O–H groups in total. The molecule has 0 aliphatic carbocycles. The monoisotopic (exact) mass is 243 g/mol. The first-order chi connectivity index (χ1) is 8.06. The summed E-state index contributed by atoms with van der Waals surface area (Å²) < 4.78 is 41.0. The van der Waals surface area contributed by atoms with Crippen LogP contribution in [0.15, 0.2) is 34.9 Å². The number of alkyl halides is 3. The lowest BCUT2D eigenvalue weighted by atomic mass is 10.2. The lowest BCUT2D eigenvalue weighted by Crippen LogP contribution is -2.21. The molecular formula is C12H12F3NO. The zero-order valence-corrected chi connectivity index (χ0v) is 9.05. The summed E-state index contributed by atoms with van der Waals surface area (Å²) in [6.07, 6.45) is -3.35. The van der Waals surface area contributed by atoms with Gasteiger partial charge in [0.25, 0.3) is 0 Å². The molecule has 0 fully saturated rings. The smallest absolute Gasteiger partial charge is 0.390 e. The largest absolute Gasteiger partial charge is 0.464 e. The standard InChI is InChI=1S/C12H12F3NO/c13-12(14,15)5-6-16-7-9-8-17-11-4-2-1-3-10(9)11/h1-4,8,16H,5-7H2. The zero-order chi connectivity index (χ0) is 12.3. The van der Waals surface area contributed by atoms with Crippen molar-refractivity contribution in [2.45, 2.75) is 19.1 Å². The van der Waals surface area contributed by atoms with Crippen molar-refractivity contribution in [3.8, 4) is 0 Å². The molecule has 0 radical (unpaired) electrons. The van der Waals surface area contributed by atoms with Gasteiger partial charge in [0, 0.05) is 24.0 Å². The average Bonchev–Trinajstić information content (AvgIpc) is 2.67. The average molecular weight is 243 g/mol. The third kappa shape index (κ3) is 3.23. The maximum absolute atomic E-state index is 11.9. The minimum absolute atomic E-state index is 0.0804. The molecule has 2 aromatic rings. The van der Waals surface area contributed by atoms with Crippen LogP contribution in [0.5, 0.6) is 0 Å². The lowest BCUT2D eigenvalue weighted by molar-refractivity contribution is -0.133. The topological polar surface area (TPSA) is 25.2 Å². The second-order valence-electron chi connectivity index (χ2n) is 3.80. The highest BCUT2D eigenvalue weighted by atomic mass is 19.4. The predicted molar refractivity (Wildman–Crippen MR) is 58.6 cm³/mol. The van der Waals surface area contributed by atoms with Gasteiger partial charge in [0.15, 0.2) is 0 Å². The van der Waals surface area contributed by atoms with E-state index in [1.54, 1.807) is 6.26 Å². The second kappa shape index (κ2) is 4.79. The van der Waals surface area contributed by atoms with Gasteiger partial charge in [-0.25, -0.2) is 0 Å². The number of fused-ring (bicyclic) bond motifs is 1. The molecule has 1 aromatic carbocycles. The van der Waals surface area contributed by atoms with Crippen molar-refractivity contribution in [2.24, 2.45) is 0 Å². The van der Waals surface area contributed by atoms with E-state index in [2.05, 4.69) is 5.32 Å². The van der Waals surface area contributed by atoms with Gasteiger partial charge in [0.2, 0.25) is 0 Å². The Hall–Kier alpha value is -1.49. The summed E-state index contributed by atoms with van der Waals surface area (Å²) in [6, 6.07) is 7.44. The van der Waals surface area contributed by atoms with Crippen LogP contribution < -0.4 is 5.32 Å². The molecule has 1 heterocycles. The summed E-state index contributed by atoms with van der Waals surface area (Å²) >= 11 is 0. The van der Waals surface area contributed by atoms with Crippen LogP contribution in [0.3, 0.4) is 0 Å². The van der Waals surface area contributed by atoms with Crippen LogP contribution >= 0.6 is 0 Å². The van der Waals surface area contributed by atoms with Gasteiger partial charge in [-0.1, -0.05) is 18.2 Å². The summed E-state index contributed by atoms with van der Waals surface area (Å²) in [7, 11) is 0. The molecule has 0 amide bonds. The van der Waals surface area contributed by atoms with Crippen LogP contribution in [-0.4, -0.2) is 12.7 Å². The highest BCUT2D eigenvalue weighted by molar-refractivity contribution is 5.80. The molecule has 92 valence electrons. The summed E-state index contributed by atoms with van der Waals surface area (Å²) in [4.78, 5) is 0. The molecule has 1 aromatic heterocycles. The Balaban J connectivity index is 1.91. The molecule has 5 heteroatoms. The molecule has 2 nitrogen and oxygen atoms in total. The van der Waals surface area contributed by atoms with Gasteiger partial charge in [-0.05, 0) is 6.07 Å². The molecule has 0 unspecified atom stereocenters. The van der Waals surface area contributed by atoms with Gasteiger partial charge in [-0.15, -0.1) is 0 Å². The van der Waals surface area contributed by atoms with Crippen molar-refractivity contribution in [3.63, 3.8) is 0 Å². The molecule has 0 atom stereocenters. The van der Waals surface area contributed by atoms with Crippen LogP contribution in [0, 0.1) is 0 Å². The van der Waals surface area contributed by atoms with Gasteiger partial charge in [-0.3, -0.25) is 0 Å². The third-order valence-electron chi connectivity index (χ3n) is 2.46. The highest BCUT2D eigenvalue weighted by Gasteiger charge is 2.25. The van der Waals surface area contributed by atoms with Crippen molar-refractivity contribution in [1.29, 1.82) is 0 Å². The van der Waals surface area contributed by atoms with Gasteiger partial charge < -0.3 is 9.73 Å². The fourth-order valence-electron chi connectivity index (χ4n) is 1.62. The summed E-state index contributed by atoms with van der Waals surface area (Å²) in [5.41, 5.74) is 1.63. The predicted octanol–water partition coefficient (Wildman–Crippen LogP) is 3.47. The Kier molecular flexibility index (Phi) is 3.38. The summed E-state index contributed by atoms with van der Waals surface area (Å²) in [6.45, 7) is 0.302. The van der Waals surface area contributed by atoms with Gasteiger partial charge >= 0.3 is 6.18 Å². The number of nitrogens with one attached hydrogen (secondary N) is 1. The van der Waals surface area contributed by atoms with E-state index in [1.165, 1.54) is 0 Å². The molecule has 0 saturated carbocycles. The van der Waals surface area contributed by atoms with Gasteiger partial charge in [-0.2, -0.15) is 13.2 Å². The third-order valence-corrected chi connectivity index (χ3v) is 2.46. The van der Waals surface area contributed by atoms with E-state index >= 15 is 0 Å². The molecule has 0 spiro atoms. The first-order valence-electron chi connectivity index (χ1n) is 5.29. The molecule has 0 aliphatic heterocycles. The summed E-state index contributed by atoms with van der Waals surface area (Å²) in [5.74, 6) is 0. The lowest BCUT2D eigenvalue weighted by Gasteiger charge is -2.06. The Labute approximate surface area is 96.4 Å². The Morgan fingerprint density at radius 1 is 1.18 bits per heavy atom. The van der Waals surface area contributed by atoms with Crippen molar-refractivity contribution >= 4 is 11.0 Å². The van der Waals surface area contributed by atoms with E-state index in [4.69, 9.17) is 4.42 Å². The minimum atomic E-state index is -4.11. The molecular weight excluding hydrogens is 231 g/mol. The number of rotatable bonds is 4. The first-order valence-corrected chi connectivity index (χ1v) is 5.29. The van der Waals surface area contributed by atoms with E-state index in [9.17, 15) is 13.2 Å². The molecule has 0 saturated heterocycles. The first kappa shape index (κ1) is 12.0. The van der Waals surface area contributed by atoms with Crippen LogP contribution in [0.2, 0.25) is 0 Å². The number of benzene rings is 1. The Morgan fingerprint density at radius 2 is 1.94 bits per heavy atom. The fraction of sp³-hybridized carbons (Fsp3) is 0.333. The fourth-order valence-corrected chi connectivity index (χ4v) is 1.62. The normalized spacial score (nSPS) is 12.2. The number of halogens is 3. The molecule has 17 heavy (non-hydrogen) atoms. The van der Waals surface area contributed by atoms with Crippen molar-refractivity contribution in [1.82, 2.24) is 5.32 Å². The van der Waals surface area contributed by atoms with Crippen molar-refractivity contribution in [3.05, 3.63) is 36.1 Å². The number of para-hydroxylation sites is 1.